The first-order valence-electron chi connectivity index (χ1n) is 7.34. The van der Waals surface area contributed by atoms with Gasteiger partial charge >= 0.3 is 0 Å². The molecule has 0 bridgehead atoms. The van der Waals surface area contributed by atoms with Gasteiger partial charge in [-0.2, -0.15) is 0 Å². The molecule has 3 heterocycles. The van der Waals surface area contributed by atoms with E-state index >= 15 is 0 Å². The van der Waals surface area contributed by atoms with Gasteiger partial charge in [-0.05, 0) is 58.8 Å². The lowest BCUT2D eigenvalue weighted by atomic mass is 9.95. The molecule has 102 valence electrons. The minimum Gasteiger partial charge on any atom is -0.301 e. The summed E-state index contributed by atoms with van der Waals surface area (Å²) < 4.78 is 2.33. The van der Waals surface area contributed by atoms with Crippen LogP contribution < -0.4 is 0 Å². The molecule has 3 rings (SSSR count). The van der Waals surface area contributed by atoms with Crippen LogP contribution in [0.3, 0.4) is 0 Å². The summed E-state index contributed by atoms with van der Waals surface area (Å²) in [5, 5.41) is 0. The number of aryl methyl sites for hydroxylation is 1. The SMILES string of the molecule is Cc1cccc2cnc(C3CCN(C(C)C)CC3)n12. The Morgan fingerprint density at radius 1 is 1.21 bits per heavy atom. The first kappa shape index (κ1) is 12.7. The molecule has 1 fully saturated rings. The molecular formula is C16H23N3. The van der Waals surface area contributed by atoms with E-state index < -0.39 is 0 Å². The van der Waals surface area contributed by atoms with Crippen molar-refractivity contribution in [1.29, 1.82) is 0 Å². The van der Waals surface area contributed by atoms with E-state index in [1.807, 2.05) is 6.20 Å². The molecule has 1 aliphatic heterocycles. The summed E-state index contributed by atoms with van der Waals surface area (Å²) in [6.45, 7) is 9.14. The third-order valence-corrected chi connectivity index (χ3v) is 4.40. The fourth-order valence-corrected chi connectivity index (χ4v) is 3.20. The quantitative estimate of drug-likeness (QED) is 0.823. The number of pyridine rings is 1. The zero-order valence-corrected chi connectivity index (χ0v) is 12.1. The Morgan fingerprint density at radius 3 is 2.63 bits per heavy atom. The summed E-state index contributed by atoms with van der Waals surface area (Å²) >= 11 is 0. The second-order valence-electron chi connectivity index (χ2n) is 5.95. The van der Waals surface area contributed by atoms with Gasteiger partial charge in [0.25, 0.3) is 0 Å². The zero-order chi connectivity index (χ0) is 13.4. The van der Waals surface area contributed by atoms with Crippen molar-refractivity contribution in [3.63, 3.8) is 0 Å². The standard InChI is InChI=1S/C16H23N3/c1-12(2)18-9-7-14(8-10-18)16-17-11-15-6-4-5-13(3)19(15)16/h4-6,11-12,14H,7-10H2,1-3H3. The van der Waals surface area contributed by atoms with Crippen LogP contribution in [0.15, 0.2) is 24.4 Å². The number of aromatic nitrogens is 2. The number of rotatable bonds is 2. The van der Waals surface area contributed by atoms with Crippen molar-refractivity contribution in [2.75, 3.05) is 13.1 Å². The van der Waals surface area contributed by atoms with Crippen LogP contribution in [-0.4, -0.2) is 33.4 Å². The van der Waals surface area contributed by atoms with Gasteiger partial charge in [0, 0.05) is 17.7 Å². The maximum atomic E-state index is 4.69. The van der Waals surface area contributed by atoms with Crippen molar-refractivity contribution in [3.8, 4) is 0 Å². The highest BCUT2D eigenvalue weighted by atomic mass is 15.2. The van der Waals surface area contributed by atoms with Crippen LogP contribution in [0, 0.1) is 6.92 Å². The number of imidazole rings is 1. The lowest BCUT2D eigenvalue weighted by molar-refractivity contribution is 0.169. The summed E-state index contributed by atoms with van der Waals surface area (Å²) in [5.74, 6) is 1.87. The van der Waals surface area contributed by atoms with Crippen molar-refractivity contribution < 1.29 is 0 Å². The second kappa shape index (κ2) is 4.97. The molecule has 2 aromatic rings. The molecule has 2 aromatic heterocycles. The summed E-state index contributed by atoms with van der Waals surface area (Å²) in [6, 6.07) is 7.09. The minimum absolute atomic E-state index is 0.610. The number of hydrogen-bond donors (Lipinski definition) is 0. The molecule has 0 unspecified atom stereocenters. The smallest absolute Gasteiger partial charge is 0.116 e. The molecule has 0 spiro atoms. The van der Waals surface area contributed by atoms with Crippen molar-refractivity contribution in [3.05, 3.63) is 35.9 Å². The third kappa shape index (κ3) is 2.27. The third-order valence-electron chi connectivity index (χ3n) is 4.40. The van der Waals surface area contributed by atoms with Gasteiger partial charge in [-0.3, -0.25) is 0 Å². The molecule has 0 saturated carbocycles. The monoisotopic (exact) mass is 257 g/mol. The van der Waals surface area contributed by atoms with Gasteiger partial charge in [0.15, 0.2) is 0 Å². The van der Waals surface area contributed by atoms with E-state index in [2.05, 4.69) is 48.3 Å². The van der Waals surface area contributed by atoms with Crippen LogP contribution in [0.2, 0.25) is 0 Å². The van der Waals surface area contributed by atoms with Crippen LogP contribution in [0.1, 0.15) is 44.1 Å². The predicted octanol–water partition coefficient (Wildman–Crippen LogP) is 3.23. The molecule has 3 heteroatoms. The minimum atomic E-state index is 0.610. The molecule has 19 heavy (non-hydrogen) atoms. The van der Waals surface area contributed by atoms with E-state index in [1.165, 1.54) is 43.0 Å². The lowest BCUT2D eigenvalue weighted by Gasteiger charge is -2.34. The van der Waals surface area contributed by atoms with Crippen LogP contribution in [0.25, 0.3) is 5.52 Å². The highest BCUT2D eigenvalue weighted by Gasteiger charge is 2.25. The van der Waals surface area contributed by atoms with Gasteiger partial charge in [0.05, 0.1) is 11.7 Å². The summed E-state index contributed by atoms with van der Waals surface area (Å²) in [7, 11) is 0. The van der Waals surface area contributed by atoms with Crippen LogP contribution >= 0.6 is 0 Å². The fraction of sp³-hybridized carbons (Fsp3) is 0.562. The Morgan fingerprint density at radius 2 is 1.95 bits per heavy atom. The number of hydrogen-bond acceptors (Lipinski definition) is 2. The molecule has 0 aliphatic carbocycles. The van der Waals surface area contributed by atoms with Crippen molar-refractivity contribution >= 4 is 5.52 Å². The normalized spacial score (nSPS) is 18.5. The maximum absolute atomic E-state index is 4.69. The van der Waals surface area contributed by atoms with E-state index in [9.17, 15) is 0 Å². The summed E-state index contributed by atoms with van der Waals surface area (Å²) in [4.78, 5) is 7.26. The van der Waals surface area contributed by atoms with E-state index in [0.717, 1.165) is 0 Å². The van der Waals surface area contributed by atoms with Gasteiger partial charge < -0.3 is 9.30 Å². The molecule has 0 atom stereocenters. The van der Waals surface area contributed by atoms with E-state index in [4.69, 9.17) is 4.98 Å². The molecular weight excluding hydrogens is 234 g/mol. The van der Waals surface area contributed by atoms with Crippen LogP contribution in [-0.2, 0) is 0 Å². The summed E-state index contributed by atoms with van der Waals surface area (Å²) in [6.07, 6.45) is 4.47. The highest BCUT2D eigenvalue weighted by molar-refractivity contribution is 5.47. The average molecular weight is 257 g/mol. The molecule has 3 nitrogen and oxygen atoms in total. The van der Waals surface area contributed by atoms with Gasteiger partial charge in [0.2, 0.25) is 0 Å². The molecule has 0 amide bonds. The Balaban J connectivity index is 1.86. The number of fused-ring (bicyclic) bond motifs is 1. The Bertz CT molecular complexity index is 562. The first-order valence-corrected chi connectivity index (χ1v) is 7.34. The second-order valence-corrected chi connectivity index (χ2v) is 5.95. The van der Waals surface area contributed by atoms with Crippen molar-refractivity contribution in [1.82, 2.24) is 14.3 Å². The molecule has 0 aromatic carbocycles. The lowest BCUT2D eigenvalue weighted by Crippen LogP contribution is -2.38. The molecule has 1 saturated heterocycles. The van der Waals surface area contributed by atoms with Crippen molar-refractivity contribution in [2.24, 2.45) is 0 Å². The average Bonchev–Trinajstić information content (AvgIpc) is 2.84. The number of piperidine rings is 1. The Labute approximate surface area is 115 Å². The Kier molecular flexibility index (Phi) is 3.31. The Hall–Kier alpha value is -1.35. The van der Waals surface area contributed by atoms with Gasteiger partial charge in [-0.25, -0.2) is 4.98 Å². The highest BCUT2D eigenvalue weighted by Crippen LogP contribution is 2.29. The first-order chi connectivity index (χ1) is 9.16. The molecule has 1 aliphatic rings. The van der Waals surface area contributed by atoms with Gasteiger partial charge in [0.1, 0.15) is 5.82 Å². The molecule has 0 N–H and O–H groups in total. The van der Waals surface area contributed by atoms with Crippen LogP contribution in [0.5, 0.6) is 0 Å². The van der Waals surface area contributed by atoms with Crippen LogP contribution in [0.4, 0.5) is 0 Å². The zero-order valence-electron chi connectivity index (χ0n) is 12.1. The number of nitrogens with zero attached hydrogens (tertiary/aromatic N) is 3. The molecule has 0 radical (unpaired) electrons. The topological polar surface area (TPSA) is 20.5 Å². The van der Waals surface area contributed by atoms with E-state index in [-0.39, 0.29) is 0 Å². The van der Waals surface area contributed by atoms with Gasteiger partial charge in [-0.15, -0.1) is 0 Å². The summed E-state index contributed by atoms with van der Waals surface area (Å²) in [5.41, 5.74) is 2.51. The number of likely N-dealkylation sites (tertiary alicyclic amines) is 1. The van der Waals surface area contributed by atoms with Gasteiger partial charge in [-0.1, -0.05) is 6.07 Å². The van der Waals surface area contributed by atoms with Crippen molar-refractivity contribution in [2.45, 2.75) is 45.6 Å². The predicted molar refractivity (Wildman–Crippen MR) is 78.6 cm³/mol. The fourth-order valence-electron chi connectivity index (χ4n) is 3.20. The largest absolute Gasteiger partial charge is 0.301 e. The maximum Gasteiger partial charge on any atom is 0.116 e. The van der Waals surface area contributed by atoms with E-state index in [0.29, 0.717) is 12.0 Å². The van der Waals surface area contributed by atoms with E-state index in [1.54, 1.807) is 0 Å².